The number of likely N-dealkylation sites (tertiary alicyclic amines) is 1. The molecule has 16 heavy (non-hydrogen) atoms. The summed E-state index contributed by atoms with van der Waals surface area (Å²) < 4.78 is 0. The van der Waals surface area contributed by atoms with Crippen LogP contribution in [0.25, 0.3) is 0 Å². The van der Waals surface area contributed by atoms with Gasteiger partial charge in [0, 0.05) is 12.6 Å². The highest BCUT2D eigenvalue weighted by Gasteiger charge is 2.37. The fourth-order valence-electron chi connectivity index (χ4n) is 1.40. The zero-order valence-electron chi connectivity index (χ0n) is 9.96. The Morgan fingerprint density at radius 2 is 1.94 bits per heavy atom. The largest absolute Gasteiger partial charge is 0.334 e. The Labute approximate surface area is 94.4 Å². The van der Waals surface area contributed by atoms with E-state index >= 15 is 0 Å². The van der Waals surface area contributed by atoms with Crippen molar-refractivity contribution in [3.05, 3.63) is 0 Å². The van der Waals surface area contributed by atoms with Gasteiger partial charge in [-0.25, -0.2) is 4.79 Å². The zero-order chi connectivity index (χ0) is 12.5. The maximum absolute atomic E-state index is 11.5. The van der Waals surface area contributed by atoms with Crippen LogP contribution in [0.3, 0.4) is 0 Å². The molecule has 0 saturated carbocycles. The molecule has 1 rings (SSSR count). The number of nitrogens with zero attached hydrogens (tertiary/aromatic N) is 1. The average Bonchev–Trinajstić information content (AvgIpc) is 2.30. The molecule has 6 heteroatoms. The lowest BCUT2D eigenvalue weighted by Crippen LogP contribution is -2.51. The Balaban J connectivity index is 2.53. The number of rotatable bonds is 1. The van der Waals surface area contributed by atoms with E-state index in [9.17, 15) is 14.4 Å². The number of hydrogen-bond donors (Lipinski definition) is 2. The van der Waals surface area contributed by atoms with Crippen molar-refractivity contribution < 1.29 is 14.4 Å². The first kappa shape index (κ1) is 12.5. The predicted molar refractivity (Wildman–Crippen MR) is 57.6 cm³/mol. The summed E-state index contributed by atoms with van der Waals surface area (Å²) in [5.41, 5.74) is -0.373. The fraction of sp³-hybridized carbons (Fsp3) is 0.700. The minimum Gasteiger partial charge on any atom is -0.334 e. The Bertz CT molecular complexity index is 333. The third-order valence-corrected chi connectivity index (χ3v) is 2.18. The van der Waals surface area contributed by atoms with Crippen LogP contribution in [-0.2, 0) is 9.59 Å². The fourth-order valence-corrected chi connectivity index (χ4v) is 1.40. The van der Waals surface area contributed by atoms with E-state index in [0.717, 1.165) is 4.90 Å². The Morgan fingerprint density at radius 3 is 2.31 bits per heavy atom. The summed E-state index contributed by atoms with van der Waals surface area (Å²) in [7, 11) is 1.41. The molecule has 1 heterocycles. The highest BCUT2D eigenvalue weighted by Crippen LogP contribution is 2.10. The third-order valence-electron chi connectivity index (χ3n) is 2.18. The number of urea groups is 1. The molecule has 0 aliphatic carbocycles. The van der Waals surface area contributed by atoms with E-state index in [1.165, 1.54) is 7.05 Å². The zero-order valence-corrected chi connectivity index (χ0v) is 9.96. The lowest BCUT2D eigenvalue weighted by molar-refractivity contribution is -0.137. The van der Waals surface area contributed by atoms with E-state index in [-0.39, 0.29) is 23.8 Å². The molecule has 0 spiro atoms. The molecular weight excluding hydrogens is 210 g/mol. The average molecular weight is 227 g/mol. The minimum absolute atomic E-state index is 0.0346. The smallest absolute Gasteiger partial charge is 0.315 e. The van der Waals surface area contributed by atoms with E-state index in [4.69, 9.17) is 0 Å². The number of carbonyl (C=O) groups excluding carboxylic acids is 3. The van der Waals surface area contributed by atoms with Gasteiger partial charge in [-0.05, 0) is 20.8 Å². The van der Waals surface area contributed by atoms with Gasteiger partial charge in [0.25, 0.3) is 5.91 Å². The lowest BCUT2D eigenvalue weighted by atomic mass is 10.1. The molecule has 0 aromatic heterocycles. The minimum atomic E-state index is -0.736. The number of likely N-dealkylation sites (N-methyl/N-ethyl adjacent to an activating group) is 1. The van der Waals surface area contributed by atoms with E-state index in [1.807, 2.05) is 20.8 Å². The molecule has 1 atom stereocenters. The van der Waals surface area contributed by atoms with Crippen molar-refractivity contribution in [1.29, 1.82) is 0 Å². The number of imide groups is 1. The van der Waals surface area contributed by atoms with Crippen molar-refractivity contribution in [1.82, 2.24) is 15.5 Å². The molecule has 0 radical (unpaired) electrons. The summed E-state index contributed by atoms with van der Waals surface area (Å²) in [6.45, 7) is 5.50. The molecule has 0 aromatic rings. The number of amides is 4. The molecule has 1 saturated heterocycles. The lowest BCUT2D eigenvalue weighted by Gasteiger charge is -2.22. The van der Waals surface area contributed by atoms with Crippen molar-refractivity contribution in [2.24, 2.45) is 0 Å². The SMILES string of the molecule is CN1C(=O)CC(NC(=O)NC(C)(C)C)C1=O. The molecule has 1 fully saturated rings. The van der Waals surface area contributed by atoms with Gasteiger partial charge in [0.15, 0.2) is 0 Å². The topological polar surface area (TPSA) is 78.5 Å². The van der Waals surface area contributed by atoms with Crippen LogP contribution < -0.4 is 10.6 Å². The Kier molecular flexibility index (Phi) is 3.21. The van der Waals surface area contributed by atoms with E-state index in [2.05, 4.69) is 10.6 Å². The Hall–Kier alpha value is -1.59. The van der Waals surface area contributed by atoms with Gasteiger partial charge < -0.3 is 10.6 Å². The summed E-state index contributed by atoms with van der Waals surface area (Å²) in [6.07, 6.45) is 0.0346. The van der Waals surface area contributed by atoms with Gasteiger partial charge in [0.2, 0.25) is 5.91 Å². The molecule has 1 aliphatic rings. The molecule has 0 aromatic carbocycles. The number of hydrogen-bond acceptors (Lipinski definition) is 3. The van der Waals surface area contributed by atoms with E-state index in [1.54, 1.807) is 0 Å². The maximum atomic E-state index is 11.5. The molecule has 0 bridgehead atoms. The molecular formula is C10H17N3O3. The van der Waals surface area contributed by atoms with Crippen molar-refractivity contribution in [3.63, 3.8) is 0 Å². The third kappa shape index (κ3) is 2.95. The van der Waals surface area contributed by atoms with Crippen molar-refractivity contribution in [2.45, 2.75) is 38.8 Å². The van der Waals surface area contributed by atoms with Crippen LogP contribution in [0, 0.1) is 0 Å². The maximum Gasteiger partial charge on any atom is 0.315 e. The highest BCUT2D eigenvalue weighted by molar-refractivity contribution is 6.06. The highest BCUT2D eigenvalue weighted by atomic mass is 16.2. The molecule has 1 unspecified atom stereocenters. The van der Waals surface area contributed by atoms with E-state index < -0.39 is 12.1 Å². The monoisotopic (exact) mass is 227 g/mol. The molecule has 90 valence electrons. The number of carbonyl (C=O) groups is 3. The summed E-state index contributed by atoms with van der Waals surface area (Å²) in [5, 5.41) is 5.15. The van der Waals surface area contributed by atoms with Gasteiger partial charge in [-0.3, -0.25) is 14.5 Å². The molecule has 2 N–H and O–H groups in total. The normalized spacial score (nSPS) is 21.2. The van der Waals surface area contributed by atoms with Gasteiger partial charge in [-0.15, -0.1) is 0 Å². The standard InChI is InChI=1S/C10H17N3O3/c1-10(2,3)12-9(16)11-6-5-7(14)13(4)8(6)15/h6H,5H2,1-4H3,(H2,11,12,16). The van der Waals surface area contributed by atoms with Crippen LogP contribution >= 0.6 is 0 Å². The first-order chi connectivity index (χ1) is 7.20. The second kappa shape index (κ2) is 4.11. The summed E-state index contributed by atoms with van der Waals surface area (Å²) in [4.78, 5) is 35.2. The van der Waals surface area contributed by atoms with Crippen LogP contribution in [0.2, 0.25) is 0 Å². The predicted octanol–water partition coefficient (Wildman–Crippen LogP) is -0.159. The second-order valence-corrected chi connectivity index (χ2v) is 4.90. The Morgan fingerprint density at radius 1 is 1.38 bits per heavy atom. The molecule has 1 aliphatic heterocycles. The first-order valence-corrected chi connectivity index (χ1v) is 5.10. The van der Waals surface area contributed by atoms with Crippen molar-refractivity contribution in [3.8, 4) is 0 Å². The van der Waals surface area contributed by atoms with Crippen molar-refractivity contribution >= 4 is 17.8 Å². The summed E-state index contributed by atoms with van der Waals surface area (Å²) >= 11 is 0. The second-order valence-electron chi connectivity index (χ2n) is 4.90. The van der Waals surface area contributed by atoms with Crippen LogP contribution in [0.5, 0.6) is 0 Å². The summed E-state index contributed by atoms with van der Waals surface area (Å²) in [5.74, 6) is -0.639. The van der Waals surface area contributed by atoms with Gasteiger partial charge in [0.1, 0.15) is 6.04 Å². The van der Waals surface area contributed by atoms with Crippen LogP contribution in [0.4, 0.5) is 4.79 Å². The number of nitrogens with one attached hydrogen (secondary N) is 2. The van der Waals surface area contributed by atoms with Crippen LogP contribution in [-0.4, -0.2) is 41.4 Å². The van der Waals surface area contributed by atoms with Gasteiger partial charge in [-0.2, -0.15) is 0 Å². The quantitative estimate of drug-likeness (QED) is 0.611. The van der Waals surface area contributed by atoms with Crippen LogP contribution in [0.15, 0.2) is 0 Å². The van der Waals surface area contributed by atoms with Gasteiger partial charge >= 0.3 is 6.03 Å². The van der Waals surface area contributed by atoms with Gasteiger partial charge in [0.05, 0.1) is 6.42 Å². The van der Waals surface area contributed by atoms with Gasteiger partial charge in [-0.1, -0.05) is 0 Å². The molecule has 4 amide bonds. The van der Waals surface area contributed by atoms with E-state index in [0.29, 0.717) is 0 Å². The summed E-state index contributed by atoms with van der Waals surface area (Å²) in [6, 6.07) is -1.17. The molecule has 6 nitrogen and oxygen atoms in total. The first-order valence-electron chi connectivity index (χ1n) is 5.10. The van der Waals surface area contributed by atoms with Crippen LogP contribution in [0.1, 0.15) is 27.2 Å². The van der Waals surface area contributed by atoms with Crippen molar-refractivity contribution in [2.75, 3.05) is 7.05 Å².